The topological polar surface area (TPSA) is 126 Å². The summed E-state index contributed by atoms with van der Waals surface area (Å²) in [6.07, 6.45) is 2.09. The van der Waals surface area contributed by atoms with Gasteiger partial charge in [0.2, 0.25) is 17.7 Å². The number of carbonyl (C=O) groups excluding carboxylic acids is 4. The van der Waals surface area contributed by atoms with Gasteiger partial charge >= 0.3 is 0 Å². The van der Waals surface area contributed by atoms with Gasteiger partial charge in [-0.05, 0) is 31.0 Å². The number of halogens is 1. The molecule has 10 nitrogen and oxygen atoms in total. The highest BCUT2D eigenvalue weighted by molar-refractivity contribution is 6.34. The van der Waals surface area contributed by atoms with E-state index in [-0.39, 0.29) is 43.7 Å². The van der Waals surface area contributed by atoms with E-state index in [1.165, 1.54) is 9.58 Å². The van der Waals surface area contributed by atoms with Crippen LogP contribution in [0.4, 0.5) is 5.69 Å². The maximum Gasteiger partial charge on any atom is 0.255 e. The van der Waals surface area contributed by atoms with Crippen molar-refractivity contribution in [3.8, 4) is 11.3 Å². The molecule has 2 N–H and O–H groups in total. The normalized spacial score (nSPS) is 17.4. The highest BCUT2D eigenvalue weighted by atomic mass is 35.5. The van der Waals surface area contributed by atoms with Crippen molar-refractivity contribution in [1.82, 2.24) is 25.2 Å². The molecule has 1 fully saturated rings. The number of hydrogen-bond acceptors (Lipinski definition) is 6. The molecule has 1 atom stereocenters. The van der Waals surface area contributed by atoms with Crippen LogP contribution in [0.3, 0.4) is 0 Å². The highest BCUT2D eigenvalue weighted by Crippen LogP contribution is 2.32. The van der Waals surface area contributed by atoms with Gasteiger partial charge in [-0.1, -0.05) is 41.1 Å². The number of aromatic nitrogens is 3. The molecule has 3 aromatic rings. The molecular weight excluding hydrogens is 472 g/mol. The van der Waals surface area contributed by atoms with E-state index in [1.807, 2.05) is 25.1 Å². The summed E-state index contributed by atoms with van der Waals surface area (Å²) in [5, 5.41) is 13.9. The Labute approximate surface area is 205 Å². The van der Waals surface area contributed by atoms with Crippen molar-refractivity contribution in [2.45, 2.75) is 38.9 Å². The Morgan fingerprint density at radius 1 is 1.17 bits per heavy atom. The summed E-state index contributed by atoms with van der Waals surface area (Å²) < 4.78 is 1.41. The molecular formula is C24H21ClN6O4. The van der Waals surface area contributed by atoms with Crippen molar-refractivity contribution >= 4 is 40.9 Å². The number of piperidine rings is 1. The van der Waals surface area contributed by atoms with E-state index in [1.54, 1.807) is 24.4 Å². The number of aryl methyl sites for hydroxylation is 1. The van der Waals surface area contributed by atoms with Gasteiger partial charge in [-0.3, -0.25) is 24.5 Å². The van der Waals surface area contributed by atoms with Crippen LogP contribution in [0.25, 0.3) is 11.3 Å². The molecule has 0 aliphatic carbocycles. The fourth-order valence-electron chi connectivity index (χ4n) is 4.38. The van der Waals surface area contributed by atoms with Crippen LogP contribution in [0.2, 0.25) is 5.02 Å². The summed E-state index contributed by atoms with van der Waals surface area (Å²) in [7, 11) is 0. The molecule has 0 spiro atoms. The molecule has 3 heterocycles. The first-order valence-electron chi connectivity index (χ1n) is 11.0. The summed E-state index contributed by atoms with van der Waals surface area (Å²) >= 11 is 6.37. The van der Waals surface area contributed by atoms with Crippen LogP contribution < -0.4 is 10.6 Å². The lowest BCUT2D eigenvalue weighted by atomic mass is 10.0. The van der Waals surface area contributed by atoms with Gasteiger partial charge in [0.25, 0.3) is 5.91 Å². The largest absolute Gasteiger partial charge is 0.324 e. The molecule has 1 aromatic heterocycles. The maximum atomic E-state index is 13.0. The second-order valence-corrected chi connectivity index (χ2v) is 8.90. The average Bonchev–Trinajstić information content (AvgIpc) is 3.41. The fraction of sp³-hybridized carbons (Fsp3) is 0.250. The number of fused-ring (bicyclic) bond motifs is 1. The first-order valence-corrected chi connectivity index (χ1v) is 11.4. The van der Waals surface area contributed by atoms with Crippen molar-refractivity contribution in [1.29, 1.82) is 0 Å². The fourth-order valence-corrected chi connectivity index (χ4v) is 4.61. The number of amides is 4. The van der Waals surface area contributed by atoms with Crippen molar-refractivity contribution in [2.75, 3.05) is 5.32 Å². The number of imide groups is 1. The van der Waals surface area contributed by atoms with E-state index in [9.17, 15) is 19.2 Å². The van der Waals surface area contributed by atoms with Gasteiger partial charge in [0.1, 0.15) is 18.3 Å². The SMILES string of the molecule is Cc1cccc(-c2cn(CC(=O)Nc3cccc4c3CN(C3CCC(=O)NC3=O)C4=O)nn2)c1Cl. The minimum atomic E-state index is -0.724. The second kappa shape index (κ2) is 8.95. The lowest BCUT2D eigenvalue weighted by molar-refractivity contribution is -0.137. The zero-order chi connectivity index (χ0) is 24.7. The summed E-state index contributed by atoms with van der Waals surface area (Å²) in [5.41, 5.74) is 3.72. The van der Waals surface area contributed by atoms with Crippen LogP contribution in [-0.4, -0.2) is 49.6 Å². The Bertz CT molecular complexity index is 1380. The van der Waals surface area contributed by atoms with Crippen LogP contribution in [-0.2, 0) is 27.5 Å². The number of rotatable bonds is 5. The molecule has 0 saturated carbocycles. The molecule has 11 heteroatoms. The van der Waals surface area contributed by atoms with Crippen molar-refractivity contribution in [2.24, 2.45) is 0 Å². The molecule has 1 saturated heterocycles. The lowest BCUT2D eigenvalue weighted by Crippen LogP contribution is -2.52. The number of nitrogens with zero attached hydrogens (tertiary/aromatic N) is 4. The van der Waals surface area contributed by atoms with Gasteiger partial charge in [0.05, 0.1) is 11.2 Å². The van der Waals surface area contributed by atoms with Gasteiger partial charge in [0.15, 0.2) is 0 Å². The third kappa shape index (κ3) is 4.28. The van der Waals surface area contributed by atoms with Crippen LogP contribution in [0, 0.1) is 6.92 Å². The molecule has 0 radical (unpaired) electrons. The van der Waals surface area contributed by atoms with Gasteiger partial charge in [-0.2, -0.15) is 0 Å². The number of anilines is 1. The molecule has 2 aliphatic heterocycles. The van der Waals surface area contributed by atoms with Crippen molar-refractivity contribution in [3.63, 3.8) is 0 Å². The molecule has 0 bridgehead atoms. The van der Waals surface area contributed by atoms with E-state index < -0.39 is 11.9 Å². The number of carbonyl (C=O) groups is 4. The molecule has 2 aromatic carbocycles. The maximum absolute atomic E-state index is 13.0. The highest BCUT2D eigenvalue weighted by Gasteiger charge is 2.39. The summed E-state index contributed by atoms with van der Waals surface area (Å²) in [6, 6.07) is 9.92. The molecule has 1 unspecified atom stereocenters. The summed E-state index contributed by atoms with van der Waals surface area (Å²) in [5.74, 6) is -1.48. The van der Waals surface area contributed by atoms with Crippen LogP contribution in [0.5, 0.6) is 0 Å². The van der Waals surface area contributed by atoms with Crippen LogP contribution in [0.1, 0.15) is 34.3 Å². The van der Waals surface area contributed by atoms with Crippen molar-refractivity contribution in [3.05, 3.63) is 64.3 Å². The first-order chi connectivity index (χ1) is 16.8. The number of nitrogens with one attached hydrogen (secondary N) is 2. The zero-order valence-corrected chi connectivity index (χ0v) is 19.5. The van der Waals surface area contributed by atoms with E-state index in [0.29, 0.717) is 27.5 Å². The smallest absolute Gasteiger partial charge is 0.255 e. The first kappa shape index (κ1) is 22.7. The Balaban J connectivity index is 1.30. The van der Waals surface area contributed by atoms with E-state index in [2.05, 4.69) is 20.9 Å². The van der Waals surface area contributed by atoms with Crippen molar-refractivity contribution < 1.29 is 19.2 Å². The molecule has 178 valence electrons. The summed E-state index contributed by atoms with van der Waals surface area (Å²) in [6.45, 7) is 1.97. The van der Waals surface area contributed by atoms with Gasteiger partial charge in [-0.25, -0.2) is 4.68 Å². The molecule has 2 aliphatic rings. The minimum absolute atomic E-state index is 0.0924. The second-order valence-electron chi connectivity index (χ2n) is 8.52. The molecule has 35 heavy (non-hydrogen) atoms. The minimum Gasteiger partial charge on any atom is -0.324 e. The van der Waals surface area contributed by atoms with Gasteiger partial charge < -0.3 is 10.2 Å². The predicted octanol–water partition coefficient (Wildman–Crippen LogP) is 2.31. The third-order valence-electron chi connectivity index (χ3n) is 6.17. The van der Waals surface area contributed by atoms with E-state index in [0.717, 1.165) is 11.1 Å². The van der Waals surface area contributed by atoms with Crippen LogP contribution in [0.15, 0.2) is 42.6 Å². The monoisotopic (exact) mass is 492 g/mol. The van der Waals surface area contributed by atoms with Gasteiger partial charge in [0, 0.05) is 35.3 Å². The Hall–Kier alpha value is -4.05. The van der Waals surface area contributed by atoms with E-state index in [4.69, 9.17) is 11.6 Å². The van der Waals surface area contributed by atoms with E-state index >= 15 is 0 Å². The summed E-state index contributed by atoms with van der Waals surface area (Å²) in [4.78, 5) is 50.9. The Kier molecular flexibility index (Phi) is 5.81. The zero-order valence-electron chi connectivity index (χ0n) is 18.7. The lowest BCUT2D eigenvalue weighted by Gasteiger charge is -2.29. The quantitative estimate of drug-likeness (QED) is 0.526. The molecule has 4 amide bonds. The number of benzene rings is 2. The predicted molar refractivity (Wildman–Crippen MR) is 126 cm³/mol. The molecule has 5 rings (SSSR count). The van der Waals surface area contributed by atoms with Crippen LogP contribution >= 0.6 is 11.6 Å². The Morgan fingerprint density at radius 2 is 1.94 bits per heavy atom. The average molecular weight is 493 g/mol. The number of hydrogen-bond donors (Lipinski definition) is 2. The Morgan fingerprint density at radius 3 is 2.74 bits per heavy atom. The standard InChI is InChI=1S/C24H21ClN6O4/c1-13-4-2-6-15(22(13)25)18-11-30(29-28-18)12-21(33)26-17-7-3-5-14-16(17)10-31(24(14)35)19-8-9-20(32)27-23(19)34/h2-7,11,19H,8-10,12H2,1H3,(H,26,33)(H,27,32,34). The van der Waals surface area contributed by atoms with Gasteiger partial charge in [-0.15, -0.1) is 5.10 Å². The third-order valence-corrected chi connectivity index (χ3v) is 6.67.